The van der Waals surface area contributed by atoms with Crippen molar-refractivity contribution >= 4 is 5.97 Å². The molecule has 9 heteroatoms. The Morgan fingerprint density at radius 2 is 2.08 bits per heavy atom. The van der Waals surface area contributed by atoms with Crippen molar-refractivity contribution in [1.29, 1.82) is 0 Å². The highest BCUT2D eigenvalue weighted by atomic mass is 19.4. The van der Waals surface area contributed by atoms with Crippen LogP contribution in [0.4, 0.5) is 17.6 Å². The third-order valence-corrected chi connectivity index (χ3v) is 4.48. The number of halogens is 4. The second kappa shape index (κ2) is 8.68. The van der Waals surface area contributed by atoms with Crippen molar-refractivity contribution in [3.05, 3.63) is 29.6 Å². The highest BCUT2D eigenvalue weighted by Gasteiger charge is 2.33. The van der Waals surface area contributed by atoms with Gasteiger partial charge in [0.2, 0.25) is 0 Å². The first-order chi connectivity index (χ1) is 12.2. The van der Waals surface area contributed by atoms with Gasteiger partial charge in [0.25, 0.3) is 0 Å². The molecule has 1 atom stereocenters. The number of carboxylic acid groups (broad SMARTS) is 1. The molecule has 0 bridgehead atoms. The van der Waals surface area contributed by atoms with E-state index in [-0.39, 0.29) is 24.7 Å². The predicted octanol–water partition coefficient (Wildman–Crippen LogP) is 3.10. The van der Waals surface area contributed by atoms with Crippen LogP contribution in [0.2, 0.25) is 0 Å². The Morgan fingerprint density at radius 3 is 2.73 bits per heavy atom. The lowest BCUT2D eigenvalue weighted by Gasteiger charge is -2.26. The smallest absolute Gasteiger partial charge is 0.480 e. The number of likely N-dealkylation sites (tertiary alicyclic amines) is 1. The topological polar surface area (TPSA) is 53.0 Å². The van der Waals surface area contributed by atoms with Gasteiger partial charge in [0.1, 0.15) is 11.6 Å². The predicted molar refractivity (Wildman–Crippen MR) is 86.3 cm³/mol. The number of alkyl halides is 3. The summed E-state index contributed by atoms with van der Waals surface area (Å²) in [4.78, 5) is 14.5. The molecular formula is C17H22F4N2O3. The molecule has 1 N–H and O–H groups in total. The van der Waals surface area contributed by atoms with E-state index in [9.17, 15) is 22.4 Å². The van der Waals surface area contributed by atoms with Gasteiger partial charge in [-0.2, -0.15) is 0 Å². The SMILES string of the molecule is CN(CC(=O)O)C1CCCN(Cc2c(F)cccc2OC(F)(F)F)CC1. The van der Waals surface area contributed by atoms with E-state index < -0.39 is 23.9 Å². The molecular weight excluding hydrogens is 356 g/mol. The average molecular weight is 378 g/mol. The number of hydrogen-bond acceptors (Lipinski definition) is 4. The van der Waals surface area contributed by atoms with Gasteiger partial charge in [0.15, 0.2) is 0 Å². The molecule has 0 aliphatic carbocycles. The fourth-order valence-corrected chi connectivity index (χ4v) is 3.22. The van der Waals surface area contributed by atoms with Crippen LogP contribution in [0.15, 0.2) is 18.2 Å². The van der Waals surface area contributed by atoms with E-state index in [1.54, 1.807) is 11.9 Å². The lowest BCUT2D eigenvalue weighted by molar-refractivity contribution is -0.275. The fraction of sp³-hybridized carbons (Fsp3) is 0.588. The van der Waals surface area contributed by atoms with Gasteiger partial charge in [-0.3, -0.25) is 14.6 Å². The summed E-state index contributed by atoms with van der Waals surface area (Å²) in [6, 6.07) is 3.47. The number of carbonyl (C=O) groups is 1. The van der Waals surface area contributed by atoms with Crippen molar-refractivity contribution < 1.29 is 32.2 Å². The van der Waals surface area contributed by atoms with Crippen molar-refractivity contribution in [1.82, 2.24) is 9.80 Å². The number of carboxylic acids is 1. The lowest BCUT2D eigenvalue weighted by atomic mass is 10.1. The van der Waals surface area contributed by atoms with Crippen LogP contribution in [-0.2, 0) is 11.3 Å². The van der Waals surface area contributed by atoms with Crippen LogP contribution in [0.5, 0.6) is 5.75 Å². The highest BCUT2D eigenvalue weighted by molar-refractivity contribution is 5.69. The van der Waals surface area contributed by atoms with E-state index in [2.05, 4.69) is 4.74 Å². The molecule has 0 spiro atoms. The third kappa shape index (κ3) is 6.14. The molecule has 1 aromatic rings. The average Bonchev–Trinajstić information content (AvgIpc) is 2.74. The lowest BCUT2D eigenvalue weighted by Crippen LogP contribution is -2.36. The molecule has 146 valence electrons. The first-order valence-electron chi connectivity index (χ1n) is 8.33. The summed E-state index contributed by atoms with van der Waals surface area (Å²) in [5, 5.41) is 8.89. The highest BCUT2D eigenvalue weighted by Crippen LogP contribution is 2.30. The first-order valence-corrected chi connectivity index (χ1v) is 8.33. The maximum atomic E-state index is 14.1. The molecule has 1 aliphatic heterocycles. The zero-order chi connectivity index (χ0) is 19.3. The van der Waals surface area contributed by atoms with Crippen molar-refractivity contribution in [2.24, 2.45) is 0 Å². The number of aliphatic carboxylic acids is 1. The standard InChI is InChI=1S/C17H22F4N2O3/c1-22(11-16(24)25)12-4-3-8-23(9-7-12)10-13-14(18)5-2-6-15(13)26-17(19,20)21/h2,5-6,12H,3-4,7-11H2,1H3,(H,24,25). The number of benzene rings is 1. The Balaban J connectivity index is 2.04. The minimum absolute atomic E-state index is 0.00739. The maximum Gasteiger partial charge on any atom is 0.573 e. The first kappa shape index (κ1) is 20.4. The molecule has 1 saturated heterocycles. The molecule has 26 heavy (non-hydrogen) atoms. The van der Waals surface area contributed by atoms with Gasteiger partial charge in [0.05, 0.1) is 6.54 Å². The Morgan fingerprint density at radius 1 is 1.35 bits per heavy atom. The Labute approximate surface area is 149 Å². The quantitative estimate of drug-likeness (QED) is 0.771. The van der Waals surface area contributed by atoms with E-state index in [0.717, 1.165) is 25.0 Å². The van der Waals surface area contributed by atoms with Gasteiger partial charge < -0.3 is 9.84 Å². The van der Waals surface area contributed by atoms with Crippen molar-refractivity contribution in [2.75, 3.05) is 26.7 Å². The molecule has 0 saturated carbocycles. The van der Waals surface area contributed by atoms with Crippen LogP contribution < -0.4 is 4.74 Å². The number of ether oxygens (including phenoxy) is 1. The fourth-order valence-electron chi connectivity index (χ4n) is 3.22. The summed E-state index contributed by atoms with van der Waals surface area (Å²) in [6.45, 7) is 1.07. The van der Waals surface area contributed by atoms with E-state index in [1.165, 1.54) is 6.07 Å². The van der Waals surface area contributed by atoms with Crippen molar-refractivity contribution in [3.8, 4) is 5.75 Å². The summed E-state index contributed by atoms with van der Waals surface area (Å²) < 4.78 is 55.6. The minimum atomic E-state index is -4.88. The number of likely N-dealkylation sites (N-methyl/N-ethyl adjacent to an activating group) is 1. The number of rotatable bonds is 6. The van der Waals surface area contributed by atoms with Gasteiger partial charge in [-0.1, -0.05) is 6.07 Å². The zero-order valence-corrected chi connectivity index (χ0v) is 14.4. The monoisotopic (exact) mass is 378 g/mol. The Kier molecular flexibility index (Phi) is 6.82. The summed E-state index contributed by atoms with van der Waals surface area (Å²) in [5.41, 5.74) is -0.123. The summed E-state index contributed by atoms with van der Waals surface area (Å²) >= 11 is 0. The summed E-state index contributed by atoms with van der Waals surface area (Å²) in [5.74, 6) is -2.18. The van der Waals surface area contributed by atoms with Gasteiger partial charge in [0, 0.05) is 18.2 Å². The minimum Gasteiger partial charge on any atom is -0.480 e. The van der Waals surface area contributed by atoms with Gasteiger partial charge in [-0.15, -0.1) is 13.2 Å². The van der Waals surface area contributed by atoms with Crippen LogP contribution in [0.3, 0.4) is 0 Å². The molecule has 1 unspecified atom stereocenters. The van der Waals surface area contributed by atoms with Crippen molar-refractivity contribution in [2.45, 2.75) is 38.2 Å². The van der Waals surface area contributed by atoms with Gasteiger partial charge in [-0.25, -0.2) is 4.39 Å². The van der Waals surface area contributed by atoms with Crippen molar-refractivity contribution in [3.63, 3.8) is 0 Å². The Hall–Kier alpha value is -1.87. The summed E-state index contributed by atoms with van der Waals surface area (Å²) in [7, 11) is 1.74. The van der Waals surface area contributed by atoms with Crippen LogP contribution >= 0.6 is 0 Å². The summed E-state index contributed by atoms with van der Waals surface area (Å²) in [6.07, 6.45) is -2.69. The zero-order valence-electron chi connectivity index (χ0n) is 14.4. The van der Waals surface area contributed by atoms with Gasteiger partial charge in [-0.05, 0) is 51.5 Å². The molecule has 0 radical (unpaired) electrons. The third-order valence-electron chi connectivity index (χ3n) is 4.48. The van der Waals surface area contributed by atoms with Crippen LogP contribution in [0.25, 0.3) is 0 Å². The van der Waals surface area contributed by atoms with E-state index >= 15 is 0 Å². The van der Waals surface area contributed by atoms with E-state index in [4.69, 9.17) is 5.11 Å². The molecule has 2 rings (SSSR count). The van der Waals surface area contributed by atoms with Crippen LogP contribution in [0, 0.1) is 5.82 Å². The molecule has 1 heterocycles. The molecule has 1 fully saturated rings. The second-order valence-corrected chi connectivity index (χ2v) is 6.43. The molecule has 0 aromatic heterocycles. The van der Waals surface area contributed by atoms with Crippen LogP contribution in [0.1, 0.15) is 24.8 Å². The normalized spacial score (nSPS) is 19.4. The van der Waals surface area contributed by atoms with Gasteiger partial charge >= 0.3 is 12.3 Å². The second-order valence-electron chi connectivity index (χ2n) is 6.43. The molecule has 1 aromatic carbocycles. The molecule has 0 amide bonds. The number of nitrogens with zero attached hydrogens (tertiary/aromatic N) is 2. The number of hydrogen-bond donors (Lipinski definition) is 1. The largest absolute Gasteiger partial charge is 0.573 e. The maximum absolute atomic E-state index is 14.1. The van der Waals surface area contributed by atoms with E-state index in [1.807, 2.05) is 4.90 Å². The van der Waals surface area contributed by atoms with Crippen LogP contribution in [-0.4, -0.2) is 60.0 Å². The van der Waals surface area contributed by atoms with E-state index in [0.29, 0.717) is 19.5 Å². The Bertz CT molecular complexity index is 625. The molecule has 1 aliphatic rings. The molecule has 5 nitrogen and oxygen atoms in total.